The minimum Gasteiger partial charge on any atom is -0.465 e. The van der Waals surface area contributed by atoms with Gasteiger partial charge in [-0.3, -0.25) is 9.59 Å². The van der Waals surface area contributed by atoms with Crippen LogP contribution in [0.5, 0.6) is 0 Å². The van der Waals surface area contributed by atoms with Crippen molar-refractivity contribution in [3.63, 3.8) is 0 Å². The molecule has 0 saturated carbocycles. The van der Waals surface area contributed by atoms with Gasteiger partial charge in [0.05, 0.1) is 17.9 Å². The summed E-state index contributed by atoms with van der Waals surface area (Å²) < 4.78 is 4.64. The number of nitrogen functional groups attached to an aromatic ring is 1. The molecule has 1 amide bonds. The van der Waals surface area contributed by atoms with Gasteiger partial charge >= 0.3 is 5.97 Å². The molecule has 4 N–H and O–H groups in total. The van der Waals surface area contributed by atoms with Crippen LogP contribution in [0.2, 0.25) is 0 Å². The molecule has 0 fully saturated rings. The Kier molecular flexibility index (Phi) is 5.59. The number of carbonyl (C=O) groups excluding carboxylic acids is 2. The molecular weight excluding hydrogens is 332 g/mol. The number of aromatic amines is 1. The number of nitrogens with two attached hydrogens (primary N) is 1. The molecule has 126 valence electrons. The van der Waals surface area contributed by atoms with Crippen molar-refractivity contribution >= 4 is 35.1 Å². The molecule has 0 bridgehead atoms. The third-order valence-corrected chi connectivity index (χ3v) is 3.93. The largest absolute Gasteiger partial charge is 0.465 e. The Hall–Kier alpha value is -2.81. The van der Waals surface area contributed by atoms with Gasteiger partial charge in [-0.15, -0.1) is 0 Å². The van der Waals surface area contributed by atoms with Gasteiger partial charge in [0, 0.05) is 11.8 Å². The van der Waals surface area contributed by atoms with Gasteiger partial charge in [0.25, 0.3) is 5.56 Å². The van der Waals surface area contributed by atoms with E-state index in [9.17, 15) is 14.4 Å². The van der Waals surface area contributed by atoms with E-state index in [0.29, 0.717) is 11.3 Å². The second kappa shape index (κ2) is 7.64. The molecule has 1 unspecified atom stereocenters. The van der Waals surface area contributed by atoms with E-state index in [-0.39, 0.29) is 22.4 Å². The van der Waals surface area contributed by atoms with Crippen LogP contribution >= 0.6 is 11.8 Å². The zero-order valence-corrected chi connectivity index (χ0v) is 13.8. The fourth-order valence-electron chi connectivity index (χ4n) is 1.82. The zero-order valence-electron chi connectivity index (χ0n) is 13.0. The average molecular weight is 348 g/mol. The van der Waals surface area contributed by atoms with Crippen LogP contribution in [0.25, 0.3) is 0 Å². The molecule has 0 spiro atoms. The molecule has 2 rings (SSSR count). The Balaban J connectivity index is 2.06. The van der Waals surface area contributed by atoms with Gasteiger partial charge in [0.2, 0.25) is 5.91 Å². The molecule has 24 heavy (non-hydrogen) atoms. The van der Waals surface area contributed by atoms with Crippen LogP contribution < -0.4 is 16.6 Å². The Morgan fingerprint density at radius 3 is 2.79 bits per heavy atom. The van der Waals surface area contributed by atoms with Gasteiger partial charge in [0.15, 0.2) is 5.16 Å². The number of H-pyrrole nitrogens is 1. The number of hydrogen-bond acceptors (Lipinski definition) is 7. The minimum absolute atomic E-state index is 0.0830. The Morgan fingerprint density at radius 2 is 2.12 bits per heavy atom. The Labute approximate surface area is 141 Å². The van der Waals surface area contributed by atoms with E-state index in [1.54, 1.807) is 25.1 Å². The van der Waals surface area contributed by atoms with Crippen molar-refractivity contribution < 1.29 is 14.3 Å². The summed E-state index contributed by atoms with van der Waals surface area (Å²) in [6.07, 6.45) is 0. The molecule has 0 aliphatic rings. The van der Waals surface area contributed by atoms with Crippen molar-refractivity contribution in [2.75, 3.05) is 18.2 Å². The average Bonchev–Trinajstić information content (AvgIpc) is 2.53. The summed E-state index contributed by atoms with van der Waals surface area (Å²) in [6, 6.07) is 7.55. The van der Waals surface area contributed by atoms with E-state index >= 15 is 0 Å². The van der Waals surface area contributed by atoms with Crippen LogP contribution in [0.1, 0.15) is 17.3 Å². The van der Waals surface area contributed by atoms with Crippen molar-refractivity contribution in [2.24, 2.45) is 0 Å². The van der Waals surface area contributed by atoms with Crippen LogP contribution in [0.15, 0.2) is 40.3 Å². The monoisotopic (exact) mass is 348 g/mol. The van der Waals surface area contributed by atoms with Crippen LogP contribution in [0.4, 0.5) is 11.5 Å². The number of thioether (sulfide) groups is 1. The van der Waals surface area contributed by atoms with E-state index in [1.807, 2.05) is 0 Å². The first-order chi connectivity index (χ1) is 11.4. The van der Waals surface area contributed by atoms with E-state index in [4.69, 9.17) is 5.73 Å². The summed E-state index contributed by atoms with van der Waals surface area (Å²) >= 11 is 1.06. The quantitative estimate of drug-likeness (QED) is 0.421. The number of methoxy groups -OCH3 is 1. The number of benzene rings is 1. The van der Waals surface area contributed by atoms with E-state index in [0.717, 1.165) is 17.8 Å². The van der Waals surface area contributed by atoms with Crippen molar-refractivity contribution in [3.8, 4) is 0 Å². The van der Waals surface area contributed by atoms with Crippen LogP contribution in [0.3, 0.4) is 0 Å². The molecule has 0 aliphatic heterocycles. The van der Waals surface area contributed by atoms with Gasteiger partial charge in [-0.1, -0.05) is 17.8 Å². The fourth-order valence-corrected chi connectivity index (χ4v) is 2.63. The molecule has 1 aromatic heterocycles. The summed E-state index contributed by atoms with van der Waals surface area (Å²) in [7, 11) is 1.28. The molecule has 0 aliphatic carbocycles. The summed E-state index contributed by atoms with van der Waals surface area (Å²) in [5.74, 6) is -0.721. The number of aromatic nitrogens is 2. The van der Waals surface area contributed by atoms with E-state index in [2.05, 4.69) is 20.0 Å². The highest BCUT2D eigenvalue weighted by molar-refractivity contribution is 8.00. The van der Waals surface area contributed by atoms with Crippen molar-refractivity contribution in [1.29, 1.82) is 0 Å². The lowest BCUT2D eigenvalue weighted by Crippen LogP contribution is -2.23. The second-order valence-electron chi connectivity index (χ2n) is 4.80. The Bertz CT molecular complexity index is 821. The predicted octanol–water partition coefficient (Wildman–Crippen LogP) is 1.26. The number of anilines is 2. The van der Waals surface area contributed by atoms with E-state index in [1.165, 1.54) is 13.2 Å². The minimum atomic E-state index is -0.545. The van der Waals surface area contributed by atoms with Gasteiger partial charge in [-0.2, -0.15) is 0 Å². The Morgan fingerprint density at radius 1 is 1.38 bits per heavy atom. The molecule has 1 aromatic carbocycles. The molecule has 9 heteroatoms. The number of hydrogen-bond donors (Lipinski definition) is 3. The van der Waals surface area contributed by atoms with Gasteiger partial charge < -0.3 is 20.8 Å². The second-order valence-corrected chi connectivity index (χ2v) is 6.13. The van der Waals surface area contributed by atoms with E-state index < -0.39 is 11.2 Å². The molecule has 2 aromatic rings. The lowest BCUT2D eigenvalue weighted by atomic mass is 10.2. The molecular formula is C15H16N4O4S. The zero-order chi connectivity index (χ0) is 17.7. The lowest BCUT2D eigenvalue weighted by Gasteiger charge is -2.12. The number of nitrogens with zero attached hydrogens (tertiary/aromatic N) is 1. The van der Waals surface area contributed by atoms with Gasteiger partial charge in [0.1, 0.15) is 5.82 Å². The topological polar surface area (TPSA) is 127 Å². The first-order valence-electron chi connectivity index (χ1n) is 6.92. The highest BCUT2D eigenvalue weighted by Gasteiger charge is 2.17. The normalized spacial score (nSPS) is 11.6. The standard InChI is InChI=1S/C15H16N4O4S/c1-8(24-15-18-11(16)7-12(20)19-15)13(21)17-10-5-3-4-9(6-10)14(22)23-2/h3-8H,1-2H3,(H,17,21)(H3,16,18,19,20). The number of amides is 1. The maximum absolute atomic E-state index is 12.2. The highest BCUT2D eigenvalue weighted by Crippen LogP contribution is 2.21. The molecule has 1 atom stereocenters. The lowest BCUT2D eigenvalue weighted by molar-refractivity contribution is -0.115. The van der Waals surface area contributed by atoms with Crippen LogP contribution in [-0.4, -0.2) is 34.2 Å². The maximum Gasteiger partial charge on any atom is 0.337 e. The number of esters is 1. The summed E-state index contributed by atoms with van der Waals surface area (Å²) in [5, 5.41) is 2.40. The number of nitrogens with one attached hydrogen (secondary N) is 2. The summed E-state index contributed by atoms with van der Waals surface area (Å²) in [4.78, 5) is 41.5. The SMILES string of the molecule is COC(=O)c1cccc(NC(=O)C(C)Sc2nc(N)cc(=O)[nH]2)c1. The molecule has 1 heterocycles. The molecule has 8 nitrogen and oxygen atoms in total. The van der Waals surface area contributed by atoms with Crippen molar-refractivity contribution in [2.45, 2.75) is 17.3 Å². The molecule has 0 radical (unpaired) electrons. The number of ether oxygens (including phenoxy) is 1. The van der Waals surface area contributed by atoms with Crippen molar-refractivity contribution in [3.05, 3.63) is 46.2 Å². The smallest absolute Gasteiger partial charge is 0.337 e. The maximum atomic E-state index is 12.2. The fraction of sp³-hybridized carbons (Fsp3) is 0.200. The van der Waals surface area contributed by atoms with Crippen molar-refractivity contribution in [1.82, 2.24) is 9.97 Å². The van der Waals surface area contributed by atoms with Crippen LogP contribution in [0, 0.1) is 0 Å². The number of carbonyl (C=O) groups is 2. The predicted molar refractivity (Wildman–Crippen MR) is 91.0 cm³/mol. The first kappa shape index (κ1) is 17.5. The molecule has 0 saturated heterocycles. The third-order valence-electron chi connectivity index (χ3n) is 2.95. The number of rotatable bonds is 5. The van der Waals surface area contributed by atoms with Gasteiger partial charge in [-0.25, -0.2) is 9.78 Å². The van der Waals surface area contributed by atoms with Crippen LogP contribution in [-0.2, 0) is 9.53 Å². The first-order valence-corrected chi connectivity index (χ1v) is 7.79. The van der Waals surface area contributed by atoms with Gasteiger partial charge in [-0.05, 0) is 25.1 Å². The summed E-state index contributed by atoms with van der Waals surface area (Å²) in [5.41, 5.74) is 5.91. The third kappa shape index (κ3) is 4.59. The highest BCUT2D eigenvalue weighted by atomic mass is 32.2. The summed E-state index contributed by atoms with van der Waals surface area (Å²) in [6.45, 7) is 1.66.